The molecule has 0 bridgehead atoms. The van der Waals surface area contributed by atoms with E-state index in [9.17, 15) is 9.59 Å². The highest BCUT2D eigenvalue weighted by Crippen LogP contribution is 2.30. The first-order valence-electron chi connectivity index (χ1n) is 4.95. The Hall–Kier alpha value is -1.15. The van der Waals surface area contributed by atoms with E-state index in [1.807, 2.05) is 0 Å². The number of rotatable bonds is 4. The first-order valence-corrected chi connectivity index (χ1v) is 7.26. The average Bonchev–Trinajstić information content (AvgIpc) is 2.34. The highest BCUT2D eigenvalue weighted by Gasteiger charge is 2.20. The van der Waals surface area contributed by atoms with Gasteiger partial charge in [-0.25, -0.2) is 4.79 Å². The van der Waals surface area contributed by atoms with Gasteiger partial charge in [0.2, 0.25) is 0 Å². The third kappa shape index (κ3) is 3.92. The number of hydrogen-bond acceptors (Lipinski definition) is 4. The van der Waals surface area contributed by atoms with Gasteiger partial charge in [-0.05, 0) is 24.1 Å². The third-order valence-corrected chi connectivity index (χ3v) is 3.66. The molecule has 0 aliphatic heterocycles. The number of carbonyl (C=O) groups is 2. The highest BCUT2D eigenvalue weighted by atomic mass is 35.5. The number of primary amides is 2. The number of halogens is 3. The van der Waals surface area contributed by atoms with Crippen LogP contribution in [0.25, 0.3) is 0 Å². The molecule has 0 fully saturated rings. The lowest BCUT2D eigenvalue weighted by Gasteiger charge is -2.13. The summed E-state index contributed by atoms with van der Waals surface area (Å²) in [6.07, 6.45) is 1.54. The van der Waals surface area contributed by atoms with E-state index in [-0.39, 0.29) is 26.3 Å². The second-order valence-corrected chi connectivity index (χ2v) is 5.29. The number of nitrogens with two attached hydrogens (primary N) is 2. The van der Waals surface area contributed by atoms with E-state index in [1.54, 1.807) is 6.26 Å². The number of hydrazone groups is 1. The first kappa shape index (κ1) is 16.9. The summed E-state index contributed by atoms with van der Waals surface area (Å²) in [4.78, 5) is 22.6. The van der Waals surface area contributed by atoms with Gasteiger partial charge in [0.1, 0.15) is 0 Å². The standard InChI is InChI=1S/C10H9Cl3N4O2S/c1-20-17(10(15)19)16-8(9(14)18)5-2-4(11)3-6(12)7(5)13/h2-3H,1H3,(H2,14,18)(H2,15,19)/b16-8+. The molecule has 1 aromatic rings. The Morgan fingerprint density at radius 3 is 2.30 bits per heavy atom. The smallest absolute Gasteiger partial charge is 0.345 e. The van der Waals surface area contributed by atoms with E-state index >= 15 is 0 Å². The quantitative estimate of drug-likeness (QED) is 0.375. The van der Waals surface area contributed by atoms with Crippen molar-refractivity contribution in [2.45, 2.75) is 0 Å². The van der Waals surface area contributed by atoms with E-state index in [2.05, 4.69) is 5.10 Å². The average molecular weight is 356 g/mol. The summed E-state index contributed by atoms with van der Waals surface area (Å²) >= 11 is 18.6. The molecule has 6 nitrogen and oxygen atoms in total. The van der Waals surface area contributed by atoms with Crippen molar-refractivity contribution in [1.29, 1.82) is 0 Å². The maximum absolute atomic E-state index is 11.5. The maximum Gasteiger partial charge on any atom is 0.345 e. The van der Waals surface area contributed by atoms with E-state index in [1.165, 1.54) is 12.1 Å². The normalized spacial score (nSPS) is 11.3. The monoisotopic (exact) mass is 354 g/mol. The van der Waals surface area contributed by atoms with Crippen LogP contribution in [0.1, 0.15) is 5.56 Å². The molecule has 1 rings (SSSR count). The predicted octanol–water partition coefficient (Wildman–Crippen LogP) is 2.49. The van der Waals surface area contributed by atoms with Crippen molar-refractivity contribution in [3.8, 4) is 0 Å². The van der Waals surface area contributed by atoms with Crippen molar-refractivity contribution in [1.82, 2.24) is 4.41 Å². The number of benzene rings is 1. The summed E-state index contributed by atoms with van der Waals surface area (Å²) in [6, 6.07) is 1.88. The van der Waals surface area contributed by atoms with Crippen molar-refractivity contribution in [3.63, 3.8) is 0 Å². The fourth-order valence-corrected chi connectivity index (χ4v) is 2.27. The third-order valence-electron chi connectivity index (χ3n) is 2.03. The summed E-state index contributed by atoms with van der Waals surface area (Å²) in [7, 11) is 0. The second-order valence-electron chi connectivity index (χ2n) is 3.36. The van der Waals surface area contributed by atoms with Crippen LogP contribution < -0.4 is 11.5 Å². The molecule has 20 heavy (non-hydrogen) atoms. The molecular weight excluding hydrogens is 347 g/mol. The lowest BCUT2D eigenvalue weighted by Crippen LogP contribution is -2.31. The van der Waals surface area contributed by atoms with Crippen LogP contribution in [0.3, 0.4) is 0 Å². The number of urea groups is 1. The Kier molecular flexibility index (Phi) is 5.94. The minimum Gasteiger partial charge on any atom is -0.364 e. The summed E-state index contributed by atoms with van der Waals surface area (Å²) in [5.74, 6) is -0.912. The molecular formula is C10H9Cl3N4O2S. The van der Waals surface area contributed by atoms with Crippen molar-refractivity contribution in [2.75, 3.05) is 6.26 Å². The lowest BCUT2D eigenvalue weighted by atomic mass is 10.1. The minimum absolute atomic E-state index is 0.0409. The van der Waals surface area contributed by atoms with Crippen LogP contribution in [-0.2, 0) is 4.79 Å². The summed E-state index contributed by atoms with van der Waals surface area (Å²) < 4.78 is 0.783. The molecule has 4 N–H and O–H groups in total. The summed E-state index contributed by atoms with van der Waals surface area (Å²) in [6.45, 7) is 0. The van der Waals surface area contributed by atoms with Gasteiger partial charge in [-0.3, -0.25) is 4.79 Å². The molecule has 0 spiro atoms. The van der Waals surface area contributed by atoms with Gasteiger partial charge in [0.25, 0.3) is 5.91 Å². The summed E-state index contributed by atoms with van der Waals surface area (Å²) in [5, 5.41) is 4.17. The predicted molar refractivity (Wildman–Crippen MR) is 82.1 cm³/mol. The molecule has 0 heterocycles. The molecule has 10 heteroatoms. The Bertz CT molecular complexity index is 594. The number of carbonyl (C=O) groups excluding carboxylic acids is 2. The number of amides is 3. The van der Waals surface area contributed by atoms with Crippen LogP contribution in [0.15, 0.2) is 17.2 Å². The zero-order valence-electron chi connectivity index (χ0n) is 10.1. The van der Waals surface area contributed by atoms with E-state index in [4.69, 9.17) is 46.3 Å². The van der Waals surface area contributed by atoms with Crippen LogP contribution in [0.5, 0.6) is 0 Å². The van der Waals surface area contributed by atoms with Gasteiger partial charge in [-0.2, -0.15) is 9.52 Å². The van der Waals surface area contributed by atoms with Crippen molar-refractivity contribution < 1.29 is 9.59 Å². The van der Waals surface area contributed by atoms with Crippen LogP contribution in [0.2, 0.25) is 15.1 Å². The molecule has 0 atom stereocenters. The Labute approximate surface area is 134 Å². The lowest BCUT2D eigenvalue weighted by molar-refractivity contribution is -0.111. The van der Waals surface area contributed by atoms with E-state index < -0.39 is 11.9 Å². The molecule has 0 unspecified atom stereocenters. The fraction of sp³-hybridized carbons (Fsp3) is 0.100. The molecule has 0 saturated heterocycles. The molecule has 0 aromatic heterocycles. The molecule has 0 aliphatic rings. The van der Waals surface area contributed by atoms with Crippen molar-refractivity contribution in [3.05, 3.63) is 32.8 Å². The number of hydrogen-bond donors (Lipinski definition) is 2. The Morgan fingerprint density at radius 1 is 1.25 bits per heavy atom. The SMILES string of the molecule is CSN(/N=C(/C(N)=O)c1cc(Cl)cc(Cl)c1Cl)C(N)=O. The molecule has 1 aromatic carbocycles. The Balaban J connectivity index is 3.46. The largest absolute Gasteiger partial charge is 0.364 e. The van der Waals surface area contributed by atoms with Crippen LogP contribution in [-0.4, -0.2) is 28.3 Å². The van der Waals surface area contributed by atoms with Gasteiger partial charge in [0.05, 0.1) is 10.0 Å². The molecule has 108 valence electrons. The second kappa shape index (κ2) is 7.03. The van der Waals surface area contributed by atoms with Crippen LogP contribution >= 0.6 is 46.8 Å². The van der Waals surface area contributed by atoms with Gasteiger partial charge >= 0.3 is 6.03 Å². The van der Waals surface area contributed by atoms with Crippen molar-refractivity contribution in [2.24, 2.45) is 16.6 Å². The van der Waals surface area contributed by atoms with Gasteiger partial charge in [0, 0.05) is 16.8 Å². The maximum atomic E-state index is 11.5. The molecule has 0 radical (unpaired) electrons. The van der Waals surface area contributed by atoms with Crippen LogP contribution in [0.4, 0.5) is 4.79 Å². The molecule has 0 aliphatic carbocycles. The topological polar surface area (TPSA) is 102 Å². The van der Waals surface area contributed by atoms with Gasteiger partial charge in [0.15, 0.2) is 5.71 Å². The zero-order valence-corrected chi connectivity index (χ0v) is 13.1. The van der Waals surface area contributed by atoms with Gasteiger partial charge in [-0.1, -0.05) is 34.8 Å². The Morgan fingerprint density at radius 2 is 1.85 bits per heavy atom. The first-order chi connectivity index (χ1) is 9.27. The fourth-order valence-electron chi connectivity index (χ4n) is 1.24. The molecule has 0 saturated carbocycles. The number of nitrogens with zero attached hydrogens (tertiary/aromatic N) is 2. The van der Waals surface area contributed by atoms with E-state index in [0.29, 0.717) is 0 Å². The zero-order chi connectivity index (χ0) is 15.4. The highest BCUT2D eigenvalue weighted by molar-refractivity contribution is 7.96. The molecule has 3 amide bonds. The minimum atomic E-state index is -0.912. The van der Waals surface area contributed by atoms with Crippen LogP contribution in [0, 0.1) is 0 Å². The van der Waals surface area contributed by atoms with E-state index in [0.717, 1.165) is 16.4 Å². The van der Waals surface area contributed by atoms with Crippen molar-refractivity contribution >= 4 is 64.4 Å². The summed E-state index contributed by atoms with van der Waals surface area (Å²) in [5.41, 5.74) is 10.2. The van der Waals surface area contributed by atoms with Gasteiger partial charge < -0.3 is 11.5 Å². The van der Waals surface area contributed by atoms with Gasteiger partial charge in [-0.15, -0.1) is 0 Å².